The molecule has 29 heavy (non-hydrogen) atoms. The van der Waals surface area contributed by atoms with Gasteiger partial charge in [-0.25, -0.2) is 4.98 Å². The van der Waals surface area contributed by atoms with Crippen molar-refractivity contribution < 1.29 is 14.3 Å². The molecule has 0 fully saturated rings. The molecule has 6 nitrogen and oxygen atoms in total. The van der Waals surface area contributed by atoms with Gasteiger partial charge in [-0.15, -0.1) is 11.3 Å². The molecule has 0 spiro atoms. The minimum Gasteiger partial charge on any atom is -0.452 e. The van der Waals surface area contributed by atoms with Crippen molar-refractivity contribution in [1.29, 1.82) is 0 Å². The second-order valence-electron chi connectivity index (χ2n) is 6.97. The zero-order chi connectivity index (χ0) is 20.2. The van der Waals surface area contributed by atoms with Crippen LogP contribution in [0.2, 0.25) is 0 Å². The molecule has 2 aromatic heterocycles. The quantitative estimate of drug-likeness (QED) is 0.607. The molecule has 3 heterocycles. The van der Waals surface area contributed by atoms with E-state index < -0.39 is 12.1 Å². The van der Waals surface area contributed by atoms with Crippen LogP contribution >= 0.6 is 11.3 Å². The Morgan fingerprint density at radius 3 is 2.83 bits per heavy atom. The summed E-state index contributed by atoms with van der Waals surface area (Å²) in [5.41, 5.74) is 3.96. The number of pyridine rings is 1. The molecule has 1 atom stereocenters. The van der Waals surface area contributed by atoms with Gasteiger partial charge in [-0.3, -0.25) is 14.6 Å². The molecule has 1 aliphatic heterocycles. The lowest BCUT2D eigenvalue weighted by Gasteiger charge is -2.30. The highest BCUT2D eigenvalue weighted by atomic mass is 32.1. The smallest absolute Gasteiger partial charge is 0.312 e. The van der Waals surface area contributed by atoms with Crippen LogP contribution in [0, 0.1) is 0 Å². The van der Waals surface area contributed by atoms with Gasteiger partial charge in [-0.2, -0.15) is 0 Å². The number of ether oxygens (including phenoxy) is 1. The highest BCUT2D eigenvalue weighted by molar-refractivity contribution is 7.13. The van der Waals surface area contributed by atoms with E-state index in [1.807, 2.05) is 35.7 Å². The molecule has 4 rings (SSSR count). The molecule has 148 valence electrons. The fourth-order valence-electron chi connectivity index (χ4n) is 3.39. The molecule has 0 N–H and O–H groups in total. The molecule has 0 bridgehead atoms. The first-order valence-electron chi connectivity index (χ1n) is 9.50. The SMILES string of the molecule is C[C@@H](OC(=O)Cc1csc(-c2cccnc2)n1)C(=O)N1CCc2ccccc2C1. The van der Waals surface area contributed by atoms with Crippen molar-refractivity contribution in [2.75, 3.05) is 6.54 Å². The molecule has 0 saturated carbocycles. The topological polar surface area (TPSA) is 72.4 Å². The summed E-state index contributed by atoms with van der Waals surface area (Å²) in [6, 6.07) is 11.9. The molecular formula is C22H21N3O3S. The van der Waals surface area contributed by atoms with Crippen molar-refractivity contribution in [1.82, 2.24) is 14.9 Å². The van der Waals surface area contributed by atoms with Crippen molar-refractivity contribution >= 4 is 23.2 Å². The van der Waals surface area contributed by atoms with E-state index >= 15 is 0 Å². The normalized spacial score (nSPS) is 14.2. The molecule has 3 aromatic rings. The second kappa shape index (κ2) is 8.53. The minimum atomic E-state index is -0.816. The number of benzene rings is 1. The third kappa shape index (κ3) is 4.51. The Morgan fingerprint density at radius 1 is 1.21 bits per heavy atom. The molecule has 1 aliphatic rings. The highest BCUT2D eigenvalue weighted by Crippen LogP contribution is 2.23. The standard InChI is InChI=1S/C22H21N3O3S/c1-15(22(27)25-10-8-16-5-2-3-6-18(16)13-25)28-20(26)11-19-14-29-21(24-19)17-7-4-9-23-12-17/h2-7,9,12,14-15H,8,10-11,13H2,1H3/t15-/m1/s1. The number of amides is 1. The average molecular weight is 407 g/mol. The second-order valence-corrected chi connectivity index (χ2v) is 7.83. The number of esters is 1. The fourth-order valence-corrected chi connectivity index (χ4v) is 4.20. The van der Waals surface area contributed by atoms with Crippen molar-refractivity contribution in [3.8, 4) is 10.6 Å². The number of hydrogen-bond donors (Lipinski definition) is 0. The van der Waals surface area contributed by atoms with E-state index in [0.29, 0.717) is 18.8 Å². The summed E-state index contributed by atoms with van der Waals surface area (Å²) >= 11 is 1.45. The van der Waals surface area contributed by atoms with Gasteiger partial charge < -0.3 is 9.64 Å². The Labute approximate surface area is 173 Å². The van der Waals surface area contributed by atoms with E-state index in [9.17, 15) is 9.59 Å². The summed E-state index contributed by atoms with van der Waals surface area (Å²) in [6.07, 6.45) is 3.48. The van der Waals surface area contributed by atoms with Crippen molar-refractivity contribution in [3.05, 3.63) is 71.0 Å². The maximum absolute atomic E-state index is 12.7. The zero-order valence-corrected chi connectivity index (χ0v) is 16.9. The molecule has 0 unspecified atom stereocenters. The first-order valence-corrected chi connectivity index (χ1v) is 10.4. The van der Waals surface area contributed by atoms with Gasteiger partial charge in [0.2, 0.25) is 0 Å². The first kappa shape index (κ1) is 19.3. The first-order chi connectivity index (χ1) is 14.1. The Balaban J connectivity index is 1.33. The molecule has 0 aliphatic carbocycles. The van der Waals surface area contributed by atoms with Crippen LogP contribution in [-0.2, 0) is 33.7 Å². The Morgan fingerprint density at radius 2 is 2.03 bits per heavy atom. The van der Waals surface area contributed by atoms with Crippen molar-refractivity contribution in [3.63, 3.8) is 0 Å². The van der Waals surface area contributed by atoms with Gasteiger partial charge in [-0.05, 0) is 36.6 Å². The molecular weight excluding hydrogens is 386 g/mol. The Bertz CT molecular complexity index is 1020. The van der Waals surface area contributed by atoms with E-state index in [1.165, 1.54) is 16.9 Å². The van der Waals surface area contributed by atoms with E-state index in [2.05, 4.69) is 16.0 Å². The maximum atomic E-state index is 12.7. The van der Waals surface area contributed by atoms with Crippen LogP contribution in [0.3, 0.4) is 0 Å². The number of aromatic nitrogens is 2. The highest BCUT2D eigenvalue weighted by Gasteiger charge is 2.27. The molecule has 1 amide bonds. The Hall–Kier alpha value is -3.06. The molecule has 0 radical (unpaired) electrons. The number of carbonyl (C=O) groups excluding carboxylic acids is 2. The predicted octanol–water partition coefficient (Wildman–Crippen LogP) is 3.26. The zero-order valence-electron chi connectivity index (χ0n) is 16.1. The van der Waals surface area contributed by atoms with Gasteiger partial charge in [-0.1, -0.05) is 24.3 Å². The Kier molecular flexibility index (Phi) is 5.67. The van der Waals surface area contributed by atoms with E-state index in [4.69, 9.17) is 4.74 Å². The molecule has 7 heteroatoms. The monoisotopic (exact) mass is 407 g/mol. The number of nitrogens with zero attached hydrogens (tertiary/aromatic N) is 3. The van der Waals surface area contributed by atoms with Crippen LogP contribution in [0.5, 0.6) is 0 Å². The van der Waals surface area contributed by atoms with E-state index in [0.717, 1.165) is 22.6 Å². The number of thiazole rings is 1. The predicted molar refractivity (Wildman–Crippen MR) is 110 cm³/mol. The largest absolute Gasteiger partial charge is 0.452 e. The lowest BCUT2D eigenvalue weighted by Crippen LogP contribution is -2.42. The lowest BCUT2D eigenvalue weighted by molar-refractivity contribution is -0.159. The third-order valence-corrected chi connectivity index (χ3v) is 5.82. The van der Waals surface area contributed by atoms with Crippen molar-refractivity contribution in [2.24, 2.45) is 0 Å². The lowest BCUT2D eigenvalue weighted by atomic mass is 9.99. The van der Waals surface area contributed by atoms with Crippen LogP contribution in [0.25, 0.3) is 10.6 Å². The van der Waals surface area contributed by atoms with Crippen LogP contribution in [-0.4, -0.2) is 39.4 Å². The fraction of sp³-hybridized carbons (Fsp3) is 0.273. The van der Waals surface area contributed by atoms with Crippen LogP contribution in [0.15, 0.2) is 54.2 Å². The van der Waals surface area contributed by atoms with Crippen molar-refractivity contribution in [2.45, 2.75) is 32.4 Å². The van der Waals surface area contributed by atoms with Gasteiger partial charge in [0.25, 0.3) is 5.91 Å². The summed E-state index contributed by atoms with van der Waals surface area (Å²) in [5, 5.41) is 2.63. The van der Waals surface area contributed by atoms with Crippen LogP contribution in [0.1, 0.15) is 23.7 Å². The van der Waals surface area contributed by atoms with Gasteiger partial charge >= 0.3 is 5.97 Å². The van der Waals surface area contributed by atoms with Gasteiger partial charge in [0.05, 0.1) is 12.1 Å². The maximum Gasteiger partial charge on any atom is 0.312 e. The van der Waals surface area contributed by atoms with E-state index in [1.54, 1.807) is 24.2 Å². The number of hydrogen-bond acceptors (Lipinski definition) is 6. The van der Waals surface area contributed by atoms with Gasteiger partial charge in [0.15, 0.2) is 6.10 Å². The molecule has 0 saturated heterocycles. The summed E-state index contributed by atoms with van der Waals surface area (Å²) in [6.45, 7) is 2.82. The summed E-state index contributed by atoms with van der Waals surface area (Å²) in [7, 11) is 0. The number of rotatable bonds is 5. The summed E-state index contributed by atoms with van der Waals surface area (Å²) < 4.78 is 5.39. The third-order valence-electron chi connectivity index (χ3n) is 4.88. The summed E-state index contributed by atoms with van der Waals surface area (Å²) in [4.78, 5) is 35.3. The van der Waals surface area contributed by atoms with Crippen LogP contribution in [0.4, 0.5) is 0 Å². The van der Waals surface area contributed by atoms with Gasteiger partial charge in [0.1, 0.15) is 5.01 Å². The average Bonchev–Trinajstić information content (AvgIpc) is 3.21. The molecule has 1 aromatic carbocycles. The van der Waals surface area contributed by atoms with E-state index in [-0.39, 0.29) is 12.3 Å². The number of fused-ring (bicyclic) bond motifs is 1. The number of carbonyl (C=O) groups is 2. The minimum absolute atomic E-state index is 0.0389. The van der Waals surface area contributed by atoms with Gasteiger partial charge in [0, 0.05) is 36.4 Å². The summed E-state index contributed by atoms with van der Waals surface area (Å²) in [5.74, 6) is -0.617. The van der Waals surface area contributed by atoms with Crippen LogP contribution < -0.4 is 0 Å².